The van der Waals surface area contributed by atoms with Crippen LogP contribution in [0.15, 0.2) is 53.6 Å². The zero-order valence-corrected chi connectivity index (χ0v) is 14.4. The van der Waals surface area contributed by atoms with Crippen LogP contribution in [-0.4, -0.2) is 12.1 Å². The molecule has 2 aromatic carbocycles. The van der Waals surface area contributed by atoms with Crippen molar-refractivity contribution in [1.82, 2.24) is 5.43 Å². The topological polar surface area (TPSA) is 41.5 Å². The van der Waals surface area contributed by atoms with E-state index in [1.54, 1.807) is 12.3 Å². The lowest BCUT2D eigenvalue weighted by Gasteiger charge is -2.19. The summed E-state index contributed by atoms with van der Waals surface area (Å²) in [6.45, 7) is 6.49. The minimum absolute atomic E-state index is 0.111. The van der Waals surface area contributed by atoms with Crippen molar-refractivity contribution in [3.8, 4) is 0 Å². The molecule has 0 bridgehead atoms. The Morgan fingerprint density at radius 3 is 2.39 bits per heavy atom. The van der Waals surface area contributed by atoms with E-state index in [4.69, 9.17) is 11.6 Å². The summed E-state index contributed by atoms with van der Waals surface area (Å²) in [7, 11) is 0. The molecule has 0 heterocycles. The van der Waals surface area contributed by atoms with Crippen molar-refractivity contribution in [2.75, 3.05) is 0 Å². The molecule has 120 valence electrons. The Hall–Kier alpha value is -2.13. The van der Waals surface area contributed by atoms with E-state index in [0.29, 0.717) is 11.4 Å². The number of hydrogen-bond acceptors (Lipinski definition) is 2. The molecule has 0 aliphatic heterocycles. The molecule has 0 saturated carbocycles. The summed E-state index contributed by atoms with van der Waals surface area (Å²) in [5, 5.41) is 4.55. The van der Waals surface area contributed by atoms with Gasteiger partial charge >= 0.3 is 0 Å². The number of amides is 1. The molecule has 0 unspecified atom stereocenters. The van der Waals surface area contributed by atoms with Gasteiger partial charge in [0.2, 0.25) is 5.91 Å². The van der Waals surface area contributed by atoms with E-state index in [-0.39, 0.29) is 11.3 Å². The Labute approximate surface area is 142 Å². The molecule has 0 spiro atoms. The van der Waals surface area contributed by atoms with Crippen LogP contribution >= 0.6 is 11.6 Å². The highest BCUT2D eigenvalue weighted by Crippen LogP contribution is 2.22. The van der Waals surface area contributed by atoms with Crippen molar-refractivity contribution in [2.24, 2.45) is 5.10 Å². The molecule has 23 heavy (non-hydrogen) atoms. The number of halogens is 1. The number of nitrogens with zero attached hydrogens (tertiary/aromatic N) is 1. The monoisotopic (exact) mass is 328 g/mol. The molecule has 0 saturated heterocycles. The highest BCUT2D eigenvalue weighted by molar-refractivity contribution is 6.33. The Balaban J connectivity index is 1.91. The van der Waals surface area contributed by atoms with Crippen LogP contribution in [0.2, 0.25) is 5.02 Å². The van der Waals surface area contributed by atoms with Gasteiger partial charge in [0.05, 0.1) is 12.6 Å². The largest absolute Gasteiger partial charge is 0.273 e. The fraction of sp³-hybridized carbons (Fsp3) is 0.263. The van der Waals surface area contributed by atoms with Crippen LogP contribution in [0.4, 0.5) is 0 Å². The van der Waals surface area contributed by atoms with Gasteiger partial charge in [-0.2, -0.15) is 5.10 Å². The van der Waals surface area contributed by atoms with Crippen LogP contribution in [0.1, 0.15) is 37.5 Å². The summed E-state index contributed by atoms with van der Waals surface area (Å²) in [5.41, 5.74) is 5.61. The second-order valence-electron chi connectivity index (χ2n) is 6.44. The first-order chi connectivity index (χ1) is 10.9. The lowest BCUT2D eigenvalue weighted by molar-refractivity contribution is -0.120. The maximum Gasteiger partial charge on any atom is 0.244 e. The molecule has 0 radical (unpaired) electrons. The van der Waals surface area contributed by atoms with Crippen molar-refractivity contribution >= 4 is 23.7 Å². The minimum atomic E-state index is -0.156. The van der Waals surface area contributed by atoms with Gasteiger partial charge in [-0.3, -0.25) is 4.79 Å². The first-order valence-electron chi connectivity index (χ1n) is 7.52. The van der Waals surface area contributed by atoms with Crippen LogP contribution in [0.3, 0.4) is 0 Å². The molecule has 0 aliphatic rings. The normalized spacial score (nSPS) is 11.7. The summed E-state index contributed by atoms with van der Waals surface area (Å²) < 4.78 is 0. The molecule has 0 aromatic heterocycles. The third-order valence-corrected chi connectivity index (χ3v) is 3.83. The quantitative estimate of drug-likeness (QED) is 0.658. The number of nitrogens with one attached hydrogen (secondary N) is 1. The minimum Gasteiger partial charge on any atom is -0.273 e. The number of benzene rings is 2. The fourth-order valence-electron chi connectivity index (χ4n) is 2.10. The number of hydrogen-bond donors (Lipinski definition) is 1. The van der Waals surface area contributed by atoms with E-state index < -0.39 is 0 Å². The van der Waals surface area contributed by atoms with Crippen molar-refractivity contribution < 1.29 is 4.79 Å². The maximum atomic E-state index is 11.9. The number of carbonyl (C=O) groups excluding carboxylic acids is 1. The molecular weight excluding hydrogens is 308 g/mol. The molecule has 0 atom stereocenters. The summed E-state index contributed by atoms with van der Waals surface area (Å²) in [5.74, 6) is -0.156. The van der Waals surface area contributed by atoms with E-state index in [1.165, 1.54) is 5.56 Å². The summed E-state index contributed by atoms with van der Waals surface area (Å²) in [6.07, 6.45) is 1.84. The van der Waals surface area contributed by atoms with Gasteiger partial charge in [0.15, 0.2) is 0 Å². The predicted octanol–water partition coefficient (Wildman–Crippen LogP) is 4.33. The van der Waals surface area contributed by atoms with Gasteiger partial charge < -0.3 is 0 Å². The SMILES string of the molecule is CC(C)(C)c1ccc(CC(=O)N/N=C\c2ccccc2Cl)cc1. The van der Waals surface area contributed by atoms with Crippen LogP contribution in [0.25, 0.3) is 0 Å². The summed E-state index contributed by atoms with van der Waals surface area (Å²) in [4.78, 5) is 11.9. The van der Waals surface area contributed by atoms with Gasteiger partial charge in [-0.1, -0.05) is 74.8 Å². The standard InChI is InChI=1S/C19H21ClN2O/c1-19(2,3)16-10-8-14(9-11-16)12-18(23)22-21-13-15-6-4-5-7-17(15)20/h4-11,13H,12H2,1-3H3,(H,22,23)/b21-13-. The molecule has 3 nitrogen and oxygen atoms in total. The van der Waals surface area contributed by atoms with E-state index in [1.807, 2.05) is 30.3 Å². The van der Waals surface area contributed by atoms with Crippen molar-refractivity contribution in [3.63, 3.8) is 0 Å². The predicted molar refractivity (Wildman–Crippen MR) is 96.0 cm³/mol. The molecule has 2 rings (SSSR count). The molecule has 4 heteroatoms. The first-order valence-corrected chi connectivity index (χ1v) is 7.90. The molecular formula is C19H21ClN2O. The molecule has 1 N–H and O–H groups in total. The Morgan fingerprint density at radius 1 is 1.13 bits per heavy atom. The van der Waals surface area contributed by atoms with Crippen LogP contribution in [0.5, 0.6) is 0 Å². The molecule has 2 aromatic rings. The lowest BCUT2D eigenvalue weighted by Crippen LogP contribution is -2.20. The Bertz CT molecular complexity index is 700. The smallest absolute Gasteiger partial charge is 0.244 e. The third-order valence-electron chi connectivity index (χ3n) is 3.48. The van der Waals surface area contributed by atoms with Gasteiger partial charge in [0.1, 0.15) is 0 Å². The molecule has 0 fully saturated rings. The lowest BCUT2D eigenvalue weighted by atomic mass is 9.86. The number of hydrazone groups is 1. The van der Waals surface area contributed by atoms with E-state index in [9.17, 15) is 4.79 Å². The zero-order chi connectivity index (χ0) is 16.9. The zero-order valence-electron chi connectivity index (χ0n) is 13.6. The molecule has 0 aliphatic carbocycles. The van der Waals surface area contributed by atoms with Crippen LogP contribution < -0.4 is 5.43 Å². The summed E-state index contributed by atoms with van der Waals surface area (Å²) >= 11 is 6.02. The average molecular weight is 329 g/mol. The highest BCUT2D eigenvalue weighted by atomic mass is 35.5. The van der Waals surface area contributed by atoms with Crippen molar-refractivity contribution in [2.45, 2.75) is 32.6 Å². The Kier molecular flexibility index (Phi) is 5.56. The highest BCUT2D eigenvalue weighted by Gasteiger charge is 2.13. The Morgan fingerprint density at radius 2 is 1.78 bits per heavy atom. The van der Waals surface area contributed by atoms with Crippen molar-refractivity contribution in [3.05, 3.63) is 70.2 Å². The van der Waals surface area contributed by atoms with Gasteiger partial charge in [-0.05, 0) is 22.6 Å². The van der Waals surface area contributed by atoms with Gasteiger partial charge in [-0.15, -0.1) is 0 Å². The van der Waals surface area contributed by atoms with E-state index in [2.05, 4.69) is 43.4 Å². The average Bonchev–Trinajstić information content (AvgIpc) is 2.49. The van der Waals surface area contributed by atoms with E-state index >= 15 is 0 Å². The maximum absolute atomic E-state index is 11.9. The second kappa shape index (κ2) is 7.42. The summed E-state index contributed by atoms with van der Waals surface area (Å²) in [6, 6.07) is 15.4. The van der Waals surface area contributed by atoms with Crippen LogP contribution in [-0.2, 0) is 16.6 Å². The van der Waals surface area contributed by atoms with Gasteiger partial charge in [-0.25, -0.2) is 5.43 Å². The van der Waals surface area contributed by atoms with Crippen molar-refractivity contribution in [1.29, 1.82) is 0 Å². The fourth-order valence-corrected chi connectivity index (χ4v) is 2.29. The first kappa shape index (κ1) is 17.2. The molecule has 1 amide bonds. The van der Waals surface area contributed by atoms with Crippen LogP contribution in [0, 0.1) is 0 Å². The third kappa shape index (κ3) is 5.22. The second-order valence-corrected chi connectivity index (χ2v) is 6.85. The number of carbonyl (C=O) groups is 1. The van der Waals surface area contributed by atoms with E-state index in [0.717, 1.165) is 11.1 Å². The van der Waals surface area contributed by atoms with Gasteiger partial charge in [0, 0.05) is 10.6 Å². The number of rotatable bonds is 4. The van der Waals surface area contributed by atoms with Gasteiger partial charge in [0.25, 0.3) is 0 Å².